The Balaban J connectivity index is 2.18. The first-order chi connectivity index (χ1) is 11.1. The lowest BCUT2D eigenvalue weighted by molar-refractivity contribution is -0.113. The van der Waals surface area contributed by atoms with Gasteiger partial charge in [0.05, 0.1) is 0 Å². The molecule has 0 fully saturated rings. The average Bonchev–Trinajstić information content (AvgIpc) is 2.53. The van der Waals surface area contributed by atoms with Crippen LogP contribution in [0.2, 0.25) is 0 Å². The van der Waals surface area contributed by atoms with Crippen molar-refractivity contribution in [1.82, 2.24) is 0 Å². The molecule has 0 aromatic heterocycles. The fourth-order valence-corrected chi connectivity index (χ4v) is 3.34. The molecule has 1 aromatic carbocycles. The Morgan fingerprint density at radius 2 is 1.87 bits per heavy atom. The molecule has 2 heteroatoms. The van der Waals surface area contributed by atoms with Crippen LogP contribution in [0, 0.1) is 6.92 Å². The lowest BCUT2D eigenvalue weighted by Crippen LogP contribution is -2.16. The van der Waals surface area contributed by atoms with E-state index in [1.54, 1.807) is 6.92 Å². The van der Waals surface area contributed by atoms with Gasteiger partial charge in [0.1, 0.15) is 11.5 Å². The minimum absolute atomic E-state index is 0.152. The molecule has 23 heavy (non-hydrogen) atoms. The zero-order chi connectivity index (χ0) is 16.8. The van der Waals surface area contributed by atoms with Gasteiger partial charge in [-0.3, -0.25) is 4.79 Å². The molecule has 0 amide bonds. The largest absolute Gasteiger partial charge is 0.461 e. The highest BCUT2D eigenvalue weighted by Crippen LogP contribution is 2.36. The maximum Gasteiger partial charge on any atom is 0.159 e. The van der Waals surface area contributed by atoms with Gasteiger partial charge in [-0.15, -0.1) is 0 Å². The SMILES string of the molecule is CCCCCCCC1=C(C(C)=O)Cc2cc(C)cc(CC)c2O1. The number of ether oxygens (including phenoxy) is 1. The molecule has 1 aliphatic rings. The lowest BCUT2D eigenvalue weighted by Gasteiger charge is -2.25. The van der Waals surface area contributed by atoms with Crippen molar-refractivity contribution in [2.45, 2.75) is 79.1 Å². The normalized spacial score (nSPS) is 13.7. The summed E-state index contributed by atoms with van der Waals surface area (Å²) < 4.78 is 6.25. The van der Waals surface area contributed by atoms with Gasteiger partial charge in [-0.25, -0.2) is 0 Å². The van der Waals surface area contributed by atoms with Gasteiger partial charge in [0.2, 0.25) is 0 Å². The number of allylic oxidation sites excluding steroid dienone is 2. The molecule has 1 aromatic rings. The van der Waals surface area contributed by atoms with Crippen molar-refractivity contribution in [2.24, 2.45) is 0 Å². The van der Waals surface area contributed by atoms with Crippen molar-refractivity contribution in [3.63, 3.8) is 0 Å². The Bertz CT molecular complexity index is 596. The molecule has 2 nitrogen and oxygen atoms in total. The number of ketones is 1. The van der Waals surface area contributed by atoms with Crippen LogP contribution in [-0.4, -0.2) is 5.78 Å². The summed E-state index contributed by atoms with van der Waals surface area (Å²) in [4.78, 5) is 12.1. The molecule has 0 radical (unpaired) electrons. The number of aryl methyl sites for hydroxylation is 2. The molecule has 0 bridgehead atoms. The maximum atomic E-state index is 12.1. The third-order valence-corrected chi connectivity index (χ3v) is 4.63. The Kier molecular flexibility index (Phi) is 6.44. The van der Waals surface area contributed by atoms with Crippen molar-refractivity contribution < 1.29 is 9.53 Å². The fourth-order valence-electron chi connectivity index (χ4n) is 3.34. The van der Waals surface area contributed by atoms with Gasteiger partial charge in [-0.2, -0.15) is 0 Å². The van der Waals surface area contributed by atoms with Crippen LogP contribution in [0.3, 0.4) is 0 Å². The summed E-state index contributed by atoms with van der Waals surface area (Å²) in [6.45, 7) is 8.16. The van der Waals surface area contributed by atoms with Gasteiger partial charge < -0.3 is 4.74 Å². The Hall–Kier alpha value is -1.57. The minimum Gasteiger partial charge on any atom is -0.461 e. The van der Waals surface area contributed by atoms with Crippen LogP contribution in [-0.2, 0) is 17.6 Å². The number of fused-ring (bicyclic) bond motifs is 1. The molecular formula is C21H30O2. The second-order valence-corrected chi connectivity index (χ2v) is 6.67. The molecule has 2 rings (SSSR count). The number of Topliss-reactive ketones (excluding diaryl/α,β-unsaturated/α-hetero) is 1. The van der Waals surface area contributed by atoms with E-state index < -0.39 is 0 Å². The van der Waals surface area contributed by atoms with Crippen molar-refractivity contribution in [2.75, 3.05) is 0 Å². The van der Waals surface area contributed by atoms with Gasteiger partial charge in [0.25, 0.3) is 0 Å². The molecule has 1 heterocycles. The summed E-state index contributed by atoms with van der Waals surface area (Å²) in [5, 5.41) is 0. The van der Waals surface area contributed by atoms with Gasteiger partial charge in [0.15, 0.2) is 5.78 Å². The molecule has 0 aliphatic carbocycles. The zero-order valence-corrected chi connectivity index (χ0v) is 15.1. The molecule has 0 atom stereocenters. The highest BCUT2D eigenvalue weighted by atomic mass is 16.5. The van der Waals surface area contributed by atoms with Crippen molar-refractivity contribution in [1.29, 1.82) is 0 Å². The first-order valence-corrected chi connectivity index (χ1v) is 9.10. The fraction of sp³-hybridized carbons (Fsp3) is 0.571. The number of carbonyl (C=O) groups is 1. The summed E-state index contributed by atoms with van der Waals surface area (Å²) in [6, 6.07) is 4.37. The topological polar surface area (TPSA) is 26.3 Å². The number of rotatable bonds is 8. The highest BCUT2D eigenvalue weighted by molar-refractivity contribution is 5.94. The zero-order valence-electron chi connectivity index (χ0n) is 15.1. The Labute approximate surface area is 140 Å². The van der Waals surface area contributed by atoms with E-state index in [0.717, 1.165) is 42.8 Å². The van der Waals surface area contributed by atoms with E-state index in [2.05, 4.69) is 32.9 Å². The van der Waals surface area contributed by atoms with Crippen LogP contribution in [0.5, 0.6) is 5.75 Å². The summed E-state index contributed by atoms with van der Waals surface area (Å²) in [7, 11) is 0. The number of hydrogen-bond donors (Lipinski definition) is 0. The number of hydrogen-bond acceptors (Lipinski definition) is 2. The minimum atomic E-state index is 0.152. The predicted molar refractivity (Wildman–Crippen MR) is 96.0 cm³/mol. The third kappa shape index (κ3) is 4.46. The molecule has 126 valence electrons. The molecule has 0 N–H and O–H groups in total. The third-order valence-electron chi connectivity index (χ3n) is 4.63. The number of unbranched alkanes of at least 4 members (excludes halogenated alkanes) is 4. The quantitative estimate of drug-likeness (QED) is 0.576. The van der Waals surface area contributed by atoms with Crippen LogP contribution < -0.4 is 4.74 Å². The number of carbonyl (C=O) groups excluding carboxylic acids is 1. The predicted octanol–water partition coefficient (Wildman–Crippen LogP) is 5.70. The van der Waals surface area contributed by atoms with E-state index in [1.807, 2.05) is 0 Å². The van der Waals surface area contributed by atoms with Crippen LogP contribution in [0.4, 0.5) is 0 Å². The van der Waals surface area contributed by atoms with Gasteiger partial charge in [-0.1, -0.05) is 57.2 Å². The van der Waals surface area contributed by atoms with E-state index in [4.69, 9.17) is 4.74 Å². The summed E-state index contributed by atoms with van der Waals surface area (Å²) >= 11 is 0. The maximum absolute atomic E-state index is 12.1. The Morgan fingerprint density at radius 1 is 1.13 bits per heavy atom. The summed E-state index contributed by atoms with van der Waals surface area (Å²) in [6.07, 6.45) is 8.71. The Morgan fingerprint density at radius 3 is 2.52 bits per heavy atom. The summed E-state index contributed by atoms with van der Waals surface area (Å²) in [5.74, 6) is 2.07. The van der Waals surface area contributed by atoms with Gasteiger partial charge in [-0.05, 0) is 37.8 Å². The monoisotopic (exact) mass is 314 g/mol. The molecule has 0 unspecified atom stereocenters. The molecule has 0 saturated heterocycles. The van der Waals surface area contributed by atoms with Crippen LogP contribution >= 0.6 is 0 Å². The molecular weight excluding hydrogens is 284 g/mol. The van der Waals surface area contributed by atoms with E-state index in [0.29, 0.717) is 0 Å². The van der Waals surface area contributed by atoms with Crippen LogP contribution in [0.15, 0.2) is 23.5 Å². The van der Waals surface area contributed by atoms with Crippen LogP contribution in [0.1, 0.15) is 76.0 Å². The first kappa shape index (κ1) is 17.8. The summed E-state index contributed by atoms with van der Waals surface area (Å²) in [5.41, 5.74) is 4.55. The first-order valence-electron chi connectivity index (χ1n) is 9.10. The second-order valence-electron chi connectivity index (χ2n) is 6.67. The highest BCUT2D eigenvalue weighted by Gasteiger charge is 2.24. The van der Waals surface area contributed by atoms with Crippen molar-refractivity contribution >= 4 is 5.78 Å². The van der Waals surface area contributed by atoms with E-state index in [1.165, 1.54) is 42.4 Å². The van der Waals surface area contributed by atoms with Crippen LogP contribution in [0.25, 0.3) is 0 Å². The van der Waals surface area contributed by atoms with Gasteiger partial charge >= 0.3 is 0 Å². The second kappa shape index (κ2) is 8.33. The van der Waals surface area contributed by atoms with Gasteiger partial charge in [0, 0.05) is 18.4 Å². The standard InChI is InChI=1S/C21H30O2/c1-5-7-8-9-10-11-20-19(16(4)22)14-18-13-15(3)12-17(6-2)21(18)23-20/h12-13H,5-11,14H2,1-4H3. The molecule has 0 saturated carbocycles. The smallest absolute Gasteiger partial charge is 0.159 e. The molecule has 1 aliphatic heterocycles. The lowest BCUT2D eigenvalue weighted by atomic mass is 9.92. The number of benzene rings is 1. The van der Waals surface area contributed by atoms with Crippen molar-refractivity contribution in [3.05, 3.63) is 40.2 Å². The van der Waals surface area contributed by atoms with Crippen molar-refractivity contribution in [3.8, 4) is 5.75 Å². The molecule has 0 spiro atoms. The van der Waals surface area contributed by atoms with E-state index in [-0.39, 0.29) is 5.78 Å². The van der Waals surface area contributed by atoms with E-state index >= 15 is 0 Å². The average molecular weight is 314 g/mol. The van der Waals surface area contributed by atoms with E-state index in [9.17, 15) is 4.79 Å².